The van der Waals surface area contributed by atoms with E-state index in [1.54, 1.807) is 12.2 Å². The Morgan fingerprint density at radius 3 is 2.45 bits per heavy atom. The first-order valence-electron chi connectivity index (χ1n) is 3.87. The van der Waals surface area contributed by atoms with Crippen molar-refractivity contribution in [2.24, 2.45) is 11.8 Å². The molecule has 0 bridgehead atoms. The Kier molecular flexibility index (Phi) is 2.35. The maximum absolute atomic E-state index is 9.30. The van der Waals surface area contributed by atoms with Gasteiger partial charge in [-0.25, -0.2) is 0 Å². The fraction of sp³-hybridized carbons (Fsp3) is 0.556. The molecular weight excluding hydrogens is 140 g/mol. The standard InChI is InChI=1S/C9H14O2/c1-6-7(2)9(11)4-3-8(6)5-10/h3-4,6-7,10-11H,5H2,1-2H3. The van der Waals surface area contributed by atoms with Crippen LogP contribution in [-0.2, 0) is 0 Å². The third-order valence-corrected chi connectivity index (χ3v) is 2.45. The van der Waals surface area contributed by atoms with Gasteiger partial charge in [0.25, 0.3) is 0 Å². The number of aliphatic hydroxyl groups excluding tert-OH is 2. The number of hydrogen-bond acceptors (Lipinski definition) is 2. The number of allylic oxidation sites excluding steroid dienone is 3. The highest BCUT2D eigenvalue weighted by Crippen LogP contribution is 2.28. The molecule has 0 fully saturated rings. The minimum absolute atomic E-state index is 0.0925. The second-order valence-electron chi connectivity index (χ2n) is 3.07. The summed E-state index contributed by atoms with van der Waals surface area (Å²) in [6.45, 7) is 4.06. The molecule has 2 heteroatoms. The molecule has 1 aliphatic rings. The molecule has 0 saturated carbocycles. The number of aliphatic hydroxyl groups is 2. The Labute approximate surface area is 66.9 Å². The lowest BCUT2D eigenvalue weighted by Crippen LogP contribution is -2.18. The smallest absolute Gasteiger partial charge is 0.0956 e. The lowest BCUT2D eigenvalue weighted by molar-refractivity contribution is 0.266. The van der Waals surface area contributed by atoms with Crippen LogP contribution in [0.2, 0.25) is 0 Å². The summed E-state index contributed by atoms with van der Waals surface area (Å²) < 4.78 is 0. The molecule has 2 atom stereocenters. The Bertz CT molecular complexity index is 204. The Morgan fingerprint density at radius 1 is 1.27 bits per heavy atom. The van der Waals surface area contributed by atoms with Crippen LogP contribution in [-0.4, -0.2) is 16.8 Å². The fourth-order valence-electron chi connectivity index (χ4n) is 1.27. The van der Waals surface area contributed by atoms with E-state index in [1.807, 2.05) is 13.8 Å². The van der Waals surface area contributed by atoms with Gasteiger partial charge in [-0.05, 0) is 17.6 Å². The summed E-state index contributed by atoms with van der Waals surface area (Å²) in [7, 11) is 0. The highest BCUT2D eigenvalue weighted by atomic mass is 16.3. The van der Waals surface area contributed by atoms with Crippen molar-refractivity contribution in [2.45, 2.75) is 13.8 Å². The Morgan fingerprint density at radius 2 is 1.91 bits per heavy atom. The zero-order valence-electron chi connectivity index (χ0n) is 6.91. The van der Waals surface area contributed by atoms with Crippen LogP contribution in [0.4, 0.5) is 0 Å². The SMILES string of the molecule is CC1C(O)=CC=C(CO)C1C. The zero-order chi connectivity index (χ0) is 8.43. The van der Waals surface area contributed by atoms with E-state index in [9.17, 15) is 5.11 Å². The van der Waals surface area contributed by atoms with Crippen LogP contribution in [0.3, 0.4) is 0 Å². The third kappa shape index (κ3) is 1.46. The first-order chi connectivity index (χ1) is 5.16. The van der Waals surface area contributed by atoms with Gasteiger partial charge in [-0.15, -0.1) is 0 Å². The molecule has 2 unspecified atom stereocenters. The summed E-state index contributed by atoms with van der Waals surface area (Å²) >= 11 is 0. The minimum atomic E-state index is 0.0925. The monoisotopic (exact) mass is 154 g/mol. The van der Waals surface area contributed by atoms with E-state index in [0.717, 1.165) is 5.57 Å². The van der Waals surface area contributed by atoms with E-state index < -0.39 is 0 Å². The van der Waals surface area contributed by atoms with Gasteiger partial charge < -0.3 is 10.2 Å². The van der Waals surface area contributed by atoms with E-state index in [2.05, 4.69) is 0 Å². The molecule has 2 nitrogen and oxygen atoms in total. The van der Waals surface area contributed by atoms with Crippen LogP contribution < -0.4 is 0 Å². The van der Waals surface area contributed by atoms with Gasteiger partial charge >= 0.3 is 0 Å². The third-order valence-electron chi connectivity index (χ3n) is 2.45. The largest absolute Gasteiger partial charge is 0.512 e. The summed E-state index contributed by atoms with van der Waals surface area (Å²) in [4.78, 5) is 0. The summed E-state index contributed by atoms with van der Waals surface area (Å²) in [6, 6.07) is 0. The van der Waals surface area contributed by atoms with Crippen molar-refractivity contribution >= 4 is 0 Å². The molecule has 0 aromatic heterocycles. The van der Waals surface area contributed by atoms with Gasteiger partial charge in [-0.1, -0.05) is 19.9 Å². The molecule has 62 valence electrons. The van der Waals surface area contributed by atoms with E-state index in [0.29, 0.717) is 5.76 Å². The predicted octanol–water partition coefficient (Wildman–Crippen LogP) is 1.63. The van der Waals surface area contributed by atoms with Crippen LogP contribution in [0, 0.1) is 11.8 Å². The molecule has 0 saturated heterocycles. The van der Waals surface area contributed by atoms with Crippen molar-refractivity contribution < 1.29 is 10.2 Å². The molecule has 0 amide bonds. The van der Waals surface area contributed by atoms with E-state index in [1.165, 1.54) is 0 Å². The van der Waals surface area contributed by atoms with Crippen LogP contribution in [0.15, 0.2) is 23.5 Å². The molecule has 0 aromatic rings. The lowest BCUT2D eigenvalue weighted by Gasteiger charge is -2.24. The molecule has 0 spiro atoms. The van der Waals surface area contributed by atoms with Gasteiger partial charge in [0, 0.05) is 5.92 Å². The maximum Gasteiger partial charge on any atom is 0.0956 e. The van der Waals surface area contributed by atoms with Crippen LogP contribution in [0.5, 0.6) is 0 Å². The van der Waals surface area contributed by atoms with Gasteiger partial charge in [0.05, 0.1) is 12.4 Å². The lowest BCUT2D eigenvalue weighted by atomic mass is 9.84. The van der Waals surface area contributed by atoms with Gasteiger partial charge in [-0.3, -0.25) is 0 Å². The molecule has 1 rings (SSSR count). The summed E-state index contributed by atoms with van der Waals surface area (Å²) in [5.74, 6) is 0.807. The summed E-state index contributed by atoms with van der Waals surface area (Å²) in [6.07, 6.45) is 3.45. The maximum atomic E-state index is 9.30. The number of rotatable bonds is 1. The van der Waals surface area contributed by atoms with E-state index >= 15 is 0 Å². The molecule has 0 aromatic carbocycles. The van der Waals surface area contributed by atoms with Gasteiger partial charge in [-0.2, -0.15) is 0 Å². The molecule has 0 heterocycles. The molecule has 2 N–H and O–H groups in total. The number of hydrogen-bond donors (Lipinski definition) is 2. The molecule has 1 aliphatic carbocycles. The zero-order valence-corrected chi connectivity index (χ0v) is 6.91. The fourth-order valence-corrected chi connectivity index (χ4v) is 1.27. The van der Waals surface area contributed by atoms with Crippen molar-refractivity contribution in [2.75, 3.05) is 6.61 Å². The first-order valence-corrected chi connectivity index (χ1v) is 3.87. The molecule has 0 aliphatic heterocycles. The Balaban J connectivity index is 2.84. The average molecular weight is 154 g/mol. The van der Waals surface area contributed by atoms with Gasteiger partial charge in [0.1, 0.15) is 0 Å². The van der Waals surface area contributed by atoms with Crippen molar-refractivity contribution in [1.29, 1.82) is 0 Å². The van der Waals surface area contributed by atoms with Crippen molar-refractivity contribution in [3.63, 3.8) is 0 Å². The van der Waals surface area contributed by atoms with Gasteiger partial charge in [0.2, 0.25) is 0 Å². The quantitative estimate of drug-likeness (QED) is 0.602. The molecule has 0 radical (unpaired) electrons. The average Bonchev–Trinajstić information content (AvgIpc) is 2.01. The van der Waals surface area contributed by atoms with Crippen LogP contribution in [0.1, 0.15) is 13.8 Å². The Hall–Kier alpha value is -0.760. The van der Waals surface area contributed by atoms with E-state index in [4.69, 9.17) is 5.11 Å². The molecular formula is C9H14O2. The summed E-state index contributed by atoms with van der Waals surface area (Å²) in [5.41, 5.74) is 0.996. The second kappa shape index (κ2) is 3.09. The van der Waals surface area contributed by atoms with Crippen LogP contribution >= 0.6 is 0 Å². The van der Waals surface area contributed by atoms with Crippen molar-refractivity contribution in [3.05, 3.63) is 23.5 Å². The van der Waals surface area contributed by atoms with Crippen molar-refractivity contribution in [3.8, 4) is 0 Å². The second-order valence-corrected chi connectivity index (χ2v) is 3.07. The predicted molar refractivity (Wildman–Crippen MR) is 44.2 cm³/mol. The van der Waals surface area contributed by atoms with Crippen LogP contribution in [0.25, 0.3) is 0 Å². The highest BCUT2D eigenvalue weighted by molar-refractivity contribution is 5.25. The van der Waals surface area contributed by atoms with Gasteiger partial charge in [0.15, 0.2) is 0 Å². The van der Waals surface area contributed by atoms with Crippen molar-refractivity contribution in [1.82, 2.24) is 0 Å². The normalized spacial score (nSPS) is 31.2. The van der Waals surface area contributed by atoms with E-state index in [-0.39, 0.29) is 18.4 Å². The highest BCUT2D eigenvalue weighted by Gasteiger charge is 2.21. The minimum Gasteiger partial charge on any atom is -0.512 e. The topological polar surface area (TPSA) is 40.5 Å². The first kappa shape index (κ1) is 8.34. The summed E-state index contributed by atoms with van der Waals surface area (Å²) in [5, 5.41) is 18.2. The molecule has 11 heavy (non-hydrogen) atoms.